The van der Waals surface area contributed by atoms with E-state index in [1.165, 1.54) is 6.92 Å². The van der Waals surface area contributed by atoms with Gasteiger partial charge in [0, 0.05) is 30.6 Å². The molecular weight excluding hydrogens is 392 g/mol. The monoisotopic (exact) mass is 424 g/mol. The van der Waals surface area contributed by atoms with Crippen molar-refractivity contribution in [1.82, 2.24) is 0 Å². The van der Waals surface area contributed by atoms with Gasteiger partial charge in [0.15, 0.2) is 0 Å². The van der Waals surface area contributed by atoms with Crippen molar-refractivity contribution in [2.45, 2.75) is 83.6 Å². The summed E-state index contributed by atoms with van der Waals surface area (Å²) in [5.74, 6) is -0.584. The van der Waals surface area contributed by atoms with E-state index in [0.717, 1.165) is 5.57 Å². The van der Waals surface area contributed by atoms with Gasteiger partial charge in [-0.3, -0.25) is 9.59 Å². The maximum atomic E-state index is 12.4. The van der Waals surface area contributed by atoms with E-state index >= 15 is 0 Å². The molecular formula is C22H32O8. The second kappa shape index (κ2) is 7.02. The third kappa shape index (κ3) is 2.80. The first-order chi connectivity index (χ1) is 14.0. The van der Waals surface area contributed by atoms with Crippen LogP contribution in [0.1, 0.15) is 47.5 Å². The van der Waals surface area contributed by atoms with E-state index in [2.05, 4.69) is 0 Å². The number of fused-ring (bicyclic) bond motifs is 2. The van der Waals surface area contributed by atoms with Gasteiger partial charge in [-0.25, -0.2) is 0 Å². The van der Waals surface area contributed by atoms with Gasteiger partial charge >= 0.3 is 11.9 Å². The summed E-state index contributed by atoms with van der Waals surface area (Å²) in [6.45, 7) is 9.28. The SMILES string of the molecule is CC(=O)OC[C@]12C[C@H](OC(=O)CC(C)C)C(C)=C[C@@H]1O[C@H]1[C@H](O)[C@@H](O)[C@@]2(C)[C@]12CO2. The molecule has 2 N–H and O–H groups in total. The third-order valence-electron chi connectivity index (χ3n) is 7.74. The topological polar surface area (TPSA) is 115 Å². The standard InChI is InChI=1S/C22H32O8/c1-11(2)6-16(24)29-14-8-21(9-27-13(4)23)15(7-12(14)3)30-19-17(25)18(26)20(21,5)22(19)10-28-22/h7,11,14-15,17-19,25-26H,6,8-10H2,1-5H3/t14-,15-,17+,18+,19-,20+,21+,22-/m0/s1. The molecule has 2 aliphatic heterocycles. The maximum Gasteiger partial charge on any atom is 0.306 e. The summed E-state index contributed by atoms with van der Waals surface area (Å²) in [6.07, 6.45) is -1.50. The highest BCUT2D eigenvalue weighted by Gasteiger charge is 2.85. The fourth-order valence-corrected chi connectivity index (χ4v) is 5.92. The number of aliphatic hydroxyl groups is 2. The van der Waals surface area contributed by atoms with Crippen molar-refractivity contribution in [1.29, 1.82) is 0 Å². The minimum absolute atomic E-state index is 0.0346. The van der Waals surface area contributed by atoms with Crippen molar-refractivity contribution in [3.8, 4) is 0 Å². The normalized spacial score (nSPS) is 46.4. The van der Waals surface area contributed by atoms with Crippen molar-refractivity contribution in [3.05, 3.63) is 11.6 Å². The van der Waals surface area contributed by atoms with E-state index < -0.39 is 52.9 Å². The zero-order valence-corrected chi connectivity index (χ0v) is 18.2. The van der Waals surface area contributed by atoms with Crippen LogP contribution in [0.5, 0.6) is 0 Å². The van der Waals surface area contributed by atoms with Gasteiger partial charge in [0.25, 0.3) is 0 Å². The summed E-state index contributed by atoms with van der Waals surface area (Å²) in [5, 5.41) is 21.9. The Labute approximate surface area is 176 Å². The summed E-state index contributed by atoms with van der Waals surface area (Å²) >= 11 is 0. The van der Waals surface area contributed by atoms with E-state index in [9.17, 15) is 19.8 Å². The molecule has 4 aliphatic rings. The molecule has 8 nitrogen and oxygen atoms in total. The van der Waals surface area contributed by atoms with E-state index in [0.29, 0.717) is 19.4 Å². The van der Waals surface area contributed by atoms with Crippen molar-refractivity contribution in [2.75, 3.05) is 13.2 Å². The lowest BCUT2D eigenvalue weighted by atomic mass is 9.51. The molecule has 8 atom stereocenters. The van der Waals surface area contributed by atoms with Gasteiger partial charge in [0.05, 0.1) is 18.8 Å². The predicted octanol–water partition coefficient (Wildman–Crippen LogP) is 1.12. The van der Waals surface area contributed by atoms with Crippen LogP contribution in [-0.2, 0) is 28.5 Å². The second-order valence-corrected chi connectivity index (χ2v) is 9.92. The summed E-state index contributed by atoms with van der Waals surface area (Å²) in [7, 11) is 0. The first kappa shape index (κ1) is 21.7. The fraction of sp³-hybridized carbons (Fsp3) is 0.818. The smallest absolute Gasteiger partial charge is 0.306 e. The number of epoxide rings is 1. The van der Waals surface area contributed by atoms with Gasteiger partial charge in [0.1, 0.15) is 30.5 Å². The van der Waals surface area contributed by atoms with Crippen LogP contribution in [0, 0.1) is 16.7 Å². The van der Waals surface area contributed by atoms with Gasteiger partial charge < -0.3 is 29.2 Å². The number of carbonyl (C=O) groups is 2. The summed E-state index contributed by atoms with van der Waals surface area (Å²) in [4.78, 5) is 24.1. The number of carbonyl (C=O) groups excluding carboxylic acids is 2. The van der Waals surface area contributed by atoms with Crippen LogP contribution in [0.3, 0.4) is 0 Å². The molecule has 0 radical (unpaired) electrons. The summed E-state index contributed by atoms with van der Waals surface area (Å²) in [5.41, 5.74) is -1.89. The van der Waals surface area contributed by atoms with Crippen LogP contribution in [-0.4, -0.2) is 71.5 Å². The zero-order valence-electron chi connectivity index (χ0n) is 18.2. The number of hydrogen-bond acceptors (Lipinski definition) is 8. The third-order valence-corrected chi connectivity index (χ3v) is 7.74. The Balaban J connectivity index is 1.75. The molecule has 3 fully saturated rings. The number of aliphatic hydroxyl groups excluding tert-OH is 2. The Morgan fingerprint density at radius 3 is 2.57 bits per heavy atom. The average molecular weight is 424 g/mol. The number of esters is 2. The molecule has 0 aromatic carbocycles. The first-order valence-electron chi connectivity index (χ1n) is 10.7. The molecule has 2 bridgehead atoms. The van der Waals surface area contributed by atoms with Gasteiger partial charge in [-0.05, 0) is 18.4 Å². The van der Waals surface area contributed by atoms with Gasteiger partial charge in [-0.15, -0.1) is 0 Å². The lowest BCUT2D eigenvalue weighted by Crippen LogP contribution is -2.67. The highest BCUT2D eigenvalue weighted by atomic mass is 16.6. The Morgan fingerprint density at radius 1 is 1.33 bits per heavy atom. The molecule has 0 unspecified atom stereocenters. The molecule has 8 heteroatoms. The quantitative estimate of drug-likeness (QED) is 0.383. The lowest BCUT2D eigenvalue weighted by Gasteiger charge is -2.58. The first-order valence-corrected chi connectivity index (χ1v) is 10.7. The zero-order chi connectivity index (χ0) is 22.1. The number of ether oxygens (including phenoxy) is 4. The van der Waals surface area contributed by atoms with Crippen molar-refractivity contribution < 1.29 is 38.7 Å². The molecule has 0 amide bonds. The number of rotatable bonds is 5. The van der Waals surface area contributed by atoms with Crippen LogP contribution < -0.4 is 0 Å². The molecule has 2 saturated heterocycles. The number of hydrogen-bond donors (Lipinski definition) is 2. The van der Waals surface area contributed by atoms with Crippen LogP contribution >= 0.6 is 0 Å². The Hall–Kier alpha value is -1.48. The molecule has 1 saturated carbocycles. The molecule has 0 aromatic rings. The molecule has 168 valence electrons. The molecule has 0 aromatic heterocycles. The molecule has 2 aliphatic carbocycles. The molecule has 1 spiro atoms. The van der Waals surface area contributed by atoms with Gasteiger partial charge in [-0.2, -0.15) is 0 Å². The Kier molecular flexibility index (Phi) is 5.09. The van der Waals surface area contributed by atoms with Crippen molar-refractivity contribution in [2.24, 2.45) is 16.7 Å². The molecule has 2 heterocycles. The average Bonchev–Trinajstić information content (AvgIpc) is 3.43. The predicted molar refractivity (Wildman–Crippen MR) is 104 cm³/mol. The van der Waals surface area contributed by atoms with Crippen molar-refractivity contribution >= 4 is 11.9 Å². The van der Waals surface area contributed by atoms with Crippen LogP contribution in [0.2, 0.25) is 0 Å². The minimum atomic E-state index is -1.13. The molecule has 4 rings (SSSR count). The van der Waals surface area contributed by atoms with Crippen molar-refractivity contribution in [3.63, 3.8) is 0 Å². The van der Waals surface area contributed by atoms with Crippen LogP contribution in [0.25, 0.3) is 0 Å². The van der Waals surface area contributed by atoms with Gasteiger partial charge in [-0.1, -0.05) is 26.8 Å². The van der Waals surface area contributed by atoms with E-state index in [1.807, 2.05) is 33.8 Å². The largest absolute Gasteiger partial charge is 0.465 e. The lowest BCUT2D eigenvalue weighted by molar-refractivity contribution is -0.239. The Bertz CT molecular complexity index is 771. The van der Waals surface area contributed by atoms with E-state index in [-0.39, 0.29) is 18.5 Å². The highest BCUT2D eigenvalue weighted by Crippen LogP contribution is 2.71. The fourth-order valence-electron chi connectivity index (χ4n) is 5.92. The second-order valence-electron chi connectivity index (χ2n) is 9.92. The summed E-state index contributed by atoms with van der Waals surface area (Å²) in [6, 6.07) is 0. The minimum Gasteiger partial charge on any atom is -0.465 e. The van der Waals surface area contributed by atoms with Gasteiger partial charge in [0.2, 0.25) is 0 Å². The highest BCUT2D eigenvalue weighted by molar-refractivity contribution is 5.70. The summed E-state index contributed by atoms with van der Waals surface area (Å²) < 4.78 is 23.4. The van der Waals surface area contributed by atoms with Crippen LogP contribution in [0.4, 0.5) is 0 Å². The molecule has 30 heavy (non-hydrogen) atoms. The van der Waals surface area contributed by atoms with Crippen LogP contribution in [0.15, 0.2) is 11.6 Å². The van der Waals surface area contributed by atoms with E-state index in [4.69, 9.17) is 18.9 Å². The Morgan fingerprint density at radius 2 is 2.00 bits per heavy atom. The van der Waals surface area contributed by atoms with E-state index in [1.54, 1.807) is 0 Å². The maximum absolute atomic E-state index is 12.4.